The van der Waals surface area contributed by atoms with Crippen LogP contribution in [0.1, 0.15) is 24.6 Å². The molecule has 3 aromatic rings. The summed E-state index contributed by atoms with van der Waals surface area (Å²) in [6, 6.07) is 6.08. The van der Waals surface area contributed by atoms with Gasteiger partial charge in [0.25, 0.3) is 0 Å². The minimum atomic E-state index is -0.489. The van der Waals surface area contributed by atoms with Crippen LogP contribution in [-0.2, 0) is 11.2 Å². The van der Waals surface area contributed by atoms with Crippen LogP contribution in [0.3, 0.4) is 0 Å². The van der Waals surface area contributed by atoms with Crippen LogP contribution in [-0.4, -0.2) is 63.0 Å². The van der Waals surface area contributed by atoms with Gasteiger partial charge in [-0.1, -0.05) is 5.92 Å². The highest BCUT2D eigenvalue weighted by Gasteiger charge is 2.31. The summed E-state index contributed by atoms with van der Waals surface area (Å²) in [5.41, 5.74) is 3.21. The first-order valence-electron chi connectivity index (χ1n) is 12.1. The Morgan fingerprint density at radius 3 is 2.82 bits per heavy atom. The average molecular weight is 529 g/mol. The van der Waals surface area contributed by atoms with E-state index in [0.29, 0.717) is 57.7 Å². The van der Waals surface area contributed by atoms with Crippen LogP contribution in [0.25, 0.3) is 10.9 Å². The van der Waals surface area contributed by atoms with E-state index in [2.05, 4.69) is 31.2 Å². The van der Waals surface area contributed by atoms with Crippen LogP contribution in [0, 0.1) is 28.3 Å². The molecule has 0 spiro atoms. The van der Waals surface area contributed by atoms with E-state index in [-0.39, 0.29) is 23.6 Å². The number of nitro groups is 1. The molecule has 39 heavy (non-hydrogen) atoms. The van der Waals surface area contributed by atoms with Gasteiger partial charge in [-0.3, -0.25) is 9.78 Å². The zero-order valence-electron chi connectivity index (χ0n) is 21.8. The van der Waals surface area contributed by atoms with Gasteiger partial charge in [-0.25, -0.2) is 14.4 Å². The number of nitrogens with zero attached hydrogens (tertiary/aromatic N) is 6. The zero-order chi connectivity index (χ0) is 28.2. The number of rotatable bonds is 10. The van der Waals surface area contributed by atoms with Crippen LogP contribution in [0.4, 0.5) is 15.9 Å². The molecular formula is C28H27FN7O3+. The van der Waals surface area contributed by atoms with Gasteiger partial charge < -0.3 is 19.9 Å². The van der Waals surface area contributed by atoms with E-state index in [1.807, 2.05) is 14.1 Å². The van der Waals surface area contributed by atoms with Gasteiger partial charge in [0, 0.05) is 23.2 Å². The van der Waals surface area contributed by atoms with Gasteiger partial charge in [-0.15, -0.1) is 6.42 Å². The molecule has 4 rings (SSSR count). The van der Waals surface area contributed by atoms with Gasteiger partial charge in [-0.05, 0) is 53.3 Å². The lowest BCUT2D eigenvalue weighted by Gasteiger charge is -2.28. The molecule has 10 nitrogen and oxygen atoms in total. The second kappa shape index (κ2) is 11.3. The summed E-state index contributed by atoms with van der Waals surface area (Å²) in [4.78, 5) is 40.5. The summed E-state index contributed by atoms with van der Waals surface area (Å²) in [6.07, 6.45) is 12.1. The summed E-state index contributed by atoms with van der Waals surface area (Å²) in [6.45, 7) is 2.73. The lowest BCUT2D eigenvalue weighted by molar-refractivity contribution is -0.880. The molecule has 3 heterocycles. The Labute approximate surface area is 224 Å². The van der Waals surface area contributed by atoms with Crippen molar-refractivity contribution in [2.24, 2.45) is 4.99 Å². The third-order valence-electron chi connectivity index (χ3n) is 6.10. The first kappa shape index (κ1) is 27.2. The second-order valence-electron chi connectivity index (χ2n) is 9.91. The number of aliphatic imine (C=N–C) groups is 1. The molecule has 0 fully saturated rings. The highest BCUT2D eigenvalue weighted by molar-refractivity contribution is 5.94. The number of allylic oxidation sites excluding steroid dienone is 1. The number of fused-ring (bicyclic) bond motifs is 1. The molecule has 0 aliphatic carbocycles. The molecular weight excluding hydrogens is 501 g/mol. The molecule has 0 bridgehead atoms. The van der Waals surface area contributed by atoms with E-state index in [1.54, 1.807) is 31.3 Å². The van der Waals surface area contributed by atoms with Gasteiger partial charge in [-0.2, -0.15) is 0 Å². The third-order valence-corrected chi connectivity index (χ3v) is 6.10. The van der Waals surface area contributed by atoms with Crippen LogP contribution >= 0.6 is 0 Å². The minimum absolute atomic E-state index is 0.0651. The van der Waals surface area contributed by atoms with Crippen molar-refractivity contribution >= 4 is 33.9 Å². The molecule has 0 unspecified atom stereocenters. The van der Waals surface area contributed by atoms with Crippen LogP contribution in [0.2, 0.25) is 0 Å². The van der Waals surface area contributed by atoms with Gasteiger partial charge in [0.1, 0.15) is 30.2 Å². The van der Waals surface area contributed by atoms with E-state index in [4.69, 9.17) is 6.42 Å². The number of quaternary nitrogens is 1. The molecule has 1 aliphatic rings. The van der Waals surface area contributed by atoms with Gasteiger partial charge in [0.15, 0.2) is 5.78 Å². The van der Waals surface area contributed by atoms with Crippen molar-refractivity contribution in [3.63, 3.8) is 0 Å². The zero-order valence-corrected chi connectivity index (χ0v) is 21.8. The molecule has 11 heteroatoms. The lowest BCUT2D eigenvalue weighted by Crippen LogP contribution is -2.41. The Morgan fingerprint density at radius 2 is 2.08 bits per heavy atom. The van der Waals surface area contributed by atoms with Crippen molar-refractivity contribution in [3.05, 3.63) is 87.5 Å². The number of likely N-dealkylation sites (N-methyl/N-ethyl adjacent to an activating group) is 1. The topological polar surface area (TPSA) is 123 Å². The first-order chi connectivity index (χ1) is 18.5. The summed E-state index contributed by atoms with van der Waals surface area (Å²) in [7, 11) is 3.89. The van der Waals surface area contributed by atoms with E-state index < -0.39 is 10.7 Å². The smallest absolute Gasteiger partial charge is 0.358 e. The quantitative estimate of drug-likeness (QED) is 0.139. The predicted molar refractivity (Wildman–Crippen MR) is 146 cm³/mol. The fourth-order valence-corrected chi connectivity index (χ4v) is 4.32. The molecule has 0 radical (unpaired) electrons. The van der Waals surface area contributed by atoms with Crippen LogP contribution < -0.4 is 5.32 Å². The maximum atomic E-state index is 13.8. The van der Waals surface area contributed by atoms with E-state index in [1.165, 1.54) is 24.5 Å². The Bertz CT molecular complexity index is 1600. The first-order valence-corrected chi connectivity index (χ1v) is 12.1. The van der Waals surface area contributed by atoms with Crippen LogP contribution in [0.15, 0.2) is 65.3 Å². The molecule has 1 aromatic carbocycles. The Hall–Kier alpha value is -4.82. The molecule has 0 saturated carbocycles. The fourth-order valence-electron chi connectivity index (χ4n) is 4.32. The molecule has 0 amide bonds. The van der Waals surface area contributed by atoms with Crippen molar-refractivity contribution < 1.29 is 18.6 Å². The number of carbonyl (C=O) groups excluding carboxylic acids is 1. The fraction of sp³-hybridized carbons (Fsp3) is 0.250. The number of aromatic nitrogens is 3. The van der Waals surface area contributed by atoms with Crippen molar-refractivity contribution in [1.29, 1.82) is 0 Å². The van der Waals surface area contributed by atoms with Crippen LogP contribution in [0.5, 0.6) is 0 Å². The molecule has 0 atom stereocenters. The normalized spacial score (nSPS) is 13.6. The number of terminal acetylenes is 1. The number of pyridine rings is 1. The number of nitrogens with one attached hydrogen (secondary N) is 1. The molecule has 2 aromatic heterocycles. The van der Waals surface area contributed by atoms with E-state index in [9.17, 15) is 19.3 Å². The number of halogens is 1. The van der Waals surface area contributed by atoms with Crippen molar-refractivity contribution in [2.75, 3.05) is 32.5 Å². The number of hydrogen-bond donors (Lipinski definition) is 1. The predicted octanol–water partition coefficient (Wildman–Crippen LogP) is 3.99. The second-order valence-corrected chi connectivity index (χ2v) is 9.91. The number of benzene rings is 1. The van der Waals surface area contributed by atoms with Crippen molar-refractivity contribution in [3.8, 4) is 12.3 Å². The maximum absolute atomic E-state index is 13.8. The number of ketones is 1. The third kappa shape index (κ3) is 6.74. The van der Waals surface area contributed by atoms with E-state index >= 15 is 0 Å². The molecule has 198 valence electrons. The number of carbonyl (C=O) groups is 1. The maximum Gasteiger partial charge on any atom is 0.368 e. The highest BCUT2D eigenvalue weighted by Crippen LogP contribution is 2.25. The SMILES string of the molecule is C#Cc1cc(Nc2ncnc3cnc(CC(=O)/C=C/C[N+](C)(C)CC4=C([N+](=O)[O-])N=C(C)C4)cc23)ccc1F. The lowest BCUT2D eigenvalue weighted by atomic mass is 10.1. The standard InChI is InChI=1S/C28H27FN7O3/c1-5-19-12-21(8-9-25(19)29)34-27-24-14-22(30-15-26(24)31-17-32-27)13-23(37)7-6-10-36(3,4)16-20-11-18(2)33-28(20)35(38)39/h1,6-9,12,14-15,17H,10-11,13,16H2,2-4H3,(H,31,32,34)/q+1/b7-6+. The highest BCUT2D eigenvalue weighted by atomic mass is 19.1. The largest absolute Gasteiger partial charge is 0.368 e. The Kier molecular flexibility index (Phi) is 7.88. The van der Waals surface area contributed by atoms with Gasteiger partial charge in [0.2, 0.25) is 0 Å². The summed E-state index contributed by atoms with van der Waals surface area (Å²) < 4.78 is 14.2. The summed E-state index contributed by atoms with van der Waals surface area (Å²) >= 11 is 0. The Morgan fingerprint density at radius 1 is 1.28 bits per heavy atom. The van der Waals surface area contributed by atoms with Gasteiger partial charge in [0.05, 0.1) is 49.9 Å². The number of anilines is 2. The molecule has 1 aliphatic heterocycles. The summed E-state index contributed by atoms with van der Waals surface area (Å²) in [5, 5.41) is 15.1. The Balaban J connectivity index is 1.43. The minimum Gasteiger partial charge on any atom is -0.358 e. The number of hydrogen-bond acceptors (Lipinski definition) is 8. The van der Waals surface area contributed by atoms with E-state index in [0.717, 1.165) is 5.71 Å². The van der Waals surface area contributed by atoms with Gasteiger partial charge >= 0.3 is 5.82 Å². The molecule has 0 saturated heterocycles. The average Bonchev–Trinajstić information content (AvgIpc) is 3.24. The van der Waals surface area contributed by atoms with Crippen molar-refractivity contribution in [2.45, 2.75) is 19.8 Å². The monoisotopic (exact) mass is 528 g/mol. The molecule has 1 N–H and O–H groups in total. The van der Waals surface area contributed by atoms with Crippen molar-refractivity contribution in [1.82, 2.24) is 15.0 Å². The summed E-state index contributed by atoms with van der Waals surface area (Å²) in [5.74, 6) is 2.07.